The van der Waals surface area contributed by atoms with E-state index < -0.39 is 0 Å². The van der Waals surface area contributed by atoms with Crippen LogP contribution in [-0.4, -0.2) is 26.2 Å². The Hall–Kier alpha value is -2.24. The molecule has 0 aliphatic carbocycles. The first-order valence-corrected chi connectivity index (χ1v) is 5.83. The predicted molar refractivity (Wildman–Crippen MR) is 70.1 cm³/mol. The van der Waals surface area contributed by atoms with Gasteiger partial charge in [0.1, 0.15) is 0 Å². The van der Waals surface area contributed by atoms with E-state index in [1.165, 1.54) is 0 Å². The van der Waals surface area contributed by atoms with Gasteiger partial charge in [-0.25, -0.2) is 0 Å². The van der Waals surface area contributed by atoms with Crippen molar-refractivity contribution in [1.29, 1.82) is 0 Å². The van der Waals surface area contributed by atoms with E-state index in [4.69, 9.17) is 0 Å². The Labute approximate surface area is 106 Å². The van der Waals surface area contributed by atoms with Crippen molar-refractivity contribution in [1.82, 2.24) is 20.2 Å². The lowest BCUT2D eigenvalue weighted by atomic mass is 10.3. The zero-order valence-corrected chi connectivity index (χ0v) is 10.5. The van der Waals surface area contributed by atoms with Crippen molar-refractivity contribution in [3.8, 4) is 0 Å². The highest BCUT2D eigenvalue weighted by Crippen LogP contribution is 2.06. The molecule has 0 radical (unpaired) electrons. The molecule has 0 aliphatic heterocycles. The minimum atomic E-state index is 0.313. The predicted octanol–water partition coefficient (Wildman–Crippen LogP) is 1.70. The van der Waals surface area contributed by atoms with Gasteiger partial charge in [0.05, 0.1) is 6.20 Å². The van der Waals surface area contributed by atoms with Gasteiger partial charge in [0.15, 0.2) is 5.82 Å². The Morgan fingerprint density at radius 2 is 2.17 bits per heavy atom. The summed E-state index contributed by atoms with van der Waals surface area (Å²) < 4.78 is 0. The number of pyridine rings is 1. The lowest BCUT2D eigenvalue weighted by molar-refractivity contribution is 0.868. The largest absolute Gasteiger partial charge is 0.366 e. The quantitative estimate of drug-likeness (QED) is 0.833. The zero-order valence-electron chi connectivity index (χ0n) is 10.5. The van der Waals surface area contributed by atoms with E-state index in [0.29, 0.717) is 24.4 Å². The van der Waals surface area contributed by atoms with Crippen molar-refractivity contribution in [2.45, 2.75) is 26.4 Å². The number of anilines is 2. The number of hydrogen-bond donors (Lipinski definition) is 2. The first-order valence-electron chi connectivity index (χ1n) is 5.83. The van der Waals surface area contributed by atoms with Gasteiger partial charge in [0.25, 0.3) is 0 Å². The van der Waals surface area contributed by atoms with Crippen molar-refractivity contribution in [3.05, 3.63) is 36.3 Å². The second-order valence-electron chi connectivity index (χ2n) is 4.18. The maximum absolute atomic E-state index is 4.31. The Balaban J connectivity index is 1.97. The Morgan fingerprint density at radius 3 is 2.89 bits per heavy atom. The molecular weight excluding hydrogens is 228 g/mol. The van der Waals surface area contributed by atoms with E-state index in [1.807, 2.05) is 26.0 Å². The van der Waals surface area contributed by atoms with Crippen molar-refractivity contribution in [3.63, 3.8) is 0 Å². The van der Waals surface area contributed by atoms with Gasteiger partial charge in [0.2, 0.25) is 5.95 Å². The SMILES string of the molecule is CC(C)Nc1cnnc(NCc2cccnc2)n1. The lowest BCUT2D eigenvalue weighted by Crippen LogP contribution is -2.13. The van der Waals surface area contributed by atoms with Crippen LogP contribution in [0.4, 0.5) is 11.8 Å². The van der Waals surface area contributed by atoms with E-state index >= 15 is 0 Å². The molecule has 0 unspecified atom stereocenters. The molecule has 2 aromatic rings. The van der Waals surface area contributed by atoms with Crippen molar-refractivity contribution >= 4 is 11.8 Å². The number of rotatable bonds is 5. The van der Waals surface area contributed by atoms with Crippen LogP contribution >= 0.6 is 0 Å². The summed E-state index contributed by atoms with van der Waals surface area (Å²) in [6, 6.07) is 4.20. The van der Waals surface area contributed by atoms with Gasteiger partial charge in [0, 0.05) is 25.0 Å². The van der Waals surface area contributed by atoms with Crippen molar-refractivity contribution < 1.29 is 0 Å². The second-order valence-corrected chi connectivity index (χ2v) is 4.18. The monoisotopic (exact) mass is 244 g/mol. The van der Waals surface area contributed by atoms with E-state index in [-0.39, 0.29) is 0 Å². The second kappa shape index (κ2) is 5.90. The smallest absolute Gasteiger partial charge is 0.244 e. The normalized spacial score (nSPS) is 10.4. The molecule has 0 amide bonds. The fourth-order valence-electron chi connectivity index (χ4n) is 1.43. The molecule has 18 heavy (non-hydrogen) atoms. The van der Waals surface area contributed by atoms with Crippen LogP contribution in [-0.2, 0) is 6.54 Å². The molecule has 0 atom stereocenters. The summed E-state index contributed by atoms with van der Waals surface area (Å²) in [7, 11) is 0. The van der Waals surface area contributed by atoms with E-state index in [9.17, 15) is 0 Å². The van der Waals surface area contributed by atoms with Crippen LogP contribution in [0.15, 0.2) is 30.7 Å². The molecule has 94 valence electrons. The number of aromatic nitrogens is 4. The molecule has 0 saturated heterocycles. The topological polar surface area (TPSA) is 75.6 Å². The average Bonchev–Trinajstić information content (AvgIpc) is 2.37. The first kappa shape index (κ1) is 12.2. The maximum Gasteiger partial charge on any atom is 0.244 e. The van der Waals surface area contributed by atoms with Gasteiger partial charge in [-0.1, -0.05) is 6.07 Å². The molecule has 0 bridgehead atoms. The van der Waals surface area contributed by atoms with Crippen LogP contribution in [0.3, 0.4) is 0 Å². The minimum absolute atomic E-state index is 0.313. The fraction of sp³-hybridized carbons (Fsp3) is 0.333. The van der Waals surface area contributed by atoms with E-state index in [0.717, 1.165) is 5.56 Å². The summed E-state index contributed by atoms with van der Waals surface area (Å²) in [5.41, 5.74) is 1.07. The highest BCUT2D eigenvalue weighted by Gasteiger charge is 2.01. The molecule has 2 rings (SSSR count). The van der Waals surface area contributed by atoms with Crippen LogP contribution in [0.2, 0.25) is 0 Å². The number of nitrogens with one attached hydrogen (secondary N) is 2. The molecule has 6 heteroatoms. The third-order valence-corrected chi connectivity index (χ3v) is 2.17. The molecule has 2 aromatic heterocycles. The Bertz CT molecular complexity index is 485. The molecule has 2 heterocycles. The number of hydrogen-bond acceptors (Lipinski definition) is 6. The van der Waals surface area contributed by atoms with Crippen molar-refractivity contribution in [2.75, 3.05) is 10.6 Å². The average molecular weight is 244 g/mol. The van der Waals surface area contributed by atoms with Gasteiger partial charge in [-0.2, -0.15) is 10.1 Å². The molecule has 0 fully saturated rings. The van der Waals surface area contributed by atoms with Gasteiger partial charge in [-0.05, 0) is 25.5 Å². The van der Waals surface area contributed by atoms with E-state index in [2.05, 4.69) is 30.8 Å². The summed E-state index contributed by atoms with van der Waals surface area (Å²) in [5.74, 6) is 1.22. The molecule has 6 nitrogen and oxygen atoms in total. The van der Waals surface area contributed by atoms with Crippen LogP contribution in [0, 0.1) is 0 Å². The van der Waals surface area contributed by atoms with E-state index in [1.54, 1.807) is 18.6 Å². The zero-order chi connectivity index (χ0) is 12.8. The molecule has 0 aromatic carbocycles. The van der Waals surface area contributed by atoms with Crippen LogP contribution in [0.25, 0.3) is 0 Å². The molecule has 2 N–H and O–H groups in total. The summed E-state index contributed by atoms with van der Waals surface area (Å²) >= 11 is 0. The van der Waals surface area contributed by atoms with Gasteiger partial charge in [-0.15, -0.1) is 5.10 Å². The summed E-state index contributed by atoms with van der Waals surface area (Å²) in [6.45, 7) is 4.72. The first-order chi connectivity index (χ1) is 8.74. The molecular formula is C12H16N6. The van der Waals surface area contributed by atoms with Gasteiger partial charge < -0.3 is 10.6 Å². The standard InChI is InChI=1S/C12H16N6/c1-9(2)16-11-8-15-18-12(17-11)14-7-10-4-3-5-13-6-10/h3-6,8-9H,7H2,1-2H3,(H2,14,16,17,18). The summed E-state index contributed by atoms with van der Waals surface area (Å²) in [6.07, 6.45) is 5.15. The lowest BCUT2D eigenvalue weighted by Gasteiger charge is -2.09. The molecule has 0 spiro atoms. The van der Waals surface area contributed by atoms with Crippen molar-refractivity contribution in [2.24, 2.45) is 0 Å². The number of nitrogens with zero attached hydrogens (tertiary/aromatic N) is 4. The Kier molecular flexibility index (Phi) is 4.01. The fourth-order valence-corrected chi connectivity index (χ4v) is 1.43. The van der Waals surface area contributed by atoms with Gasteiger partial charge >= 0.3 is 0 Å². The minimum Gasteiger partial charge on any atom is -0.366 e. The Morgan fingerprint density at radius 1 is 1.28 bits per heavy atom. The summed E-state index contributed by atoms with van der Waals surface area (Å²) in [4.78, 5) is 8.36. The molecule has 0 saturated carbocycles. The maximum atomic E-state index is 4.31. The molecule has 0 aliphatic rings. The van der Waals surface area contributed by atoms with Gasteiger partial charge in [-0.3, -0.25) is 4.98 Å². The van der Waals surface area contributed by atoms with Crippen LogP contribution in [0.5, 0.6) is 0 Å². The highest BCUT2D eigenvalue weighted by atomic mass is 15.3. The third kappa shape index (κ3) is 3.65. The van der Waals surface area contributed by atoms with Crippen LogP contribution < -0.4 is 10.6 Å². The third-order valence-electron chi connectivity index (χ3n) is 2.17. The highest BCUT2D eigenvalue weighted by molar-refractivity contribution is 5.37. The van der Waals surface area contributed by atoms with Crippen LogP contribution in [0.1, 0.15) is 19.4 Å². The summed E-state index contributed by atoms with van der Waals surface area (Å²) in [5, 5.41) is 14.1.